The van der Waals surface area contributed by atoms with Crippen LogP contribution in [0.5, 0.6) is 5.75 Å². The van der Waals surface area contributed by atoms with Gasteiger partial charge in [-0.25, -0.2) is 4.98 Å². The van der Waals surface area contributed by atoms with E-state index in [9.17, 15) is 14.7 Å². The third kappa shape index (κ3) is 3.25. The predicted molar refractivity (Wildman–Crippen MR) is 101 cm³/mol. The Labute approximate surface area is 160 Å². The van der Waals surface area contributed by atoms with E-state index in [0.29, 0.717) is 37.5 Å². The number of nitrogen functional groups attached to an aromatic ring is 1. The Morgan fingerprint density at radius 2 is 2.22 bits per heavy atom. The van der Waals surface area contributed by atoms with Crippen molar-refractivity contribution in [3.8, 4) is 5.75 Å². The van der Waals surface area contributed by atoms with Crippen molar-refractivity contribution in [3.63, 3.8) is 0 Å². The molecule has 3 N–H and O–H groups in total. The smallest absolute Gasteiger partial charge is 0.312 e. The lowest BCUT2D eigenvalue weighted by atomic mass is 9.74. The van der Waals surface area contributed by atoms with Gasteiger partial charge >= 0.3 is 5.97 Å². The predicted octanol–water partition coefficient (Wildman–Crippen LogP) is 1.82. The van der Waals surface area contributed by atoms with Crippen LogP contribution in [0.15, 0.2) is 29.6 Å². The number of carbonyl (C=O) groups excluding carboxylic acids is 1. The van der Waals surface area contributed by atoms with Gasteiger partial charge in [-0.3, -0.25) is 9.59 Å². The lowest BCUT2D eigenvalue weighted by Crippen LogP contribution is -2.42. The first-order valence-electron chi connectivity index (χ1n) is 8.90. The number of anilines is 1. The zero-order valence-electron chi connectivity index (χ0n) is 14.8. The average Bonchev–Trinajstić information content (AvgIpc) is 3.19. The minimum absolute atomic E-state index is 0.0523. The van der Waals surface area contributed by atoms with Gasteiger partial charge in [0.05, 0.1) is 17.7 Å². The van der Waals surface area contributed by atoms with Crippen molar-refractivity contribution in [2.24, 2.45) is 11.3 Å². The van der Waals surface area contributed by atoms with Gasteiger partial charge in [-0.2, -0.15) is 0 Å². The van der Waals surface area contributed by atoms with Crippen molar-refractivity contribution in [2.75, 3.05) is 25.4 Å². The second kappa shape index (κ2) is 6.84. The number of rotatable bonds is 4. The summed E-state index contributed by atoms with van der Waals surface area (Å²) in [5, 5.41) is 12.4. The van der Waals surface area contributed by atoms with E-state index in [-0.39, 0.29) is 18.4 Å². The van der Waals surface area contributed by atoms with E-state index < -0.39 is 11.4 Å². The molecule has 1 aromatic carbocycles. The number of aryl methyl sites for hydroxylation is 1. The zero-order chi connectivity index (χ0) is 19.0. The van der Waals surface area contributed by atoms with E-state index in [0.717, 1.165) is 17.0 Å². The number of likely N-dealkylation sites (tertiary alicyclic amines) is 1. The number of aliphatic carboxylic acids is 1. The Balaban J connectivity index is 1.51. The molecule has 0 spiro atoms. The SMILES string of the molecule is Nc1nc(CCC(=O)N2C[C@H]3COc4ccccc4C[C@@]3(C(=O)O)C2)cs1. The van der Waals surface area contributed by atoms with E-state index >= 15 is 0 Å². The highest BCUT2D eigenvalue weighted by Gasteiger charge is 2.55. The highest BCUT2D eigenvalue weighted by atomic mass is 32.1. The summed E-state index contributed by atoms with van der Waals surface area (Å²) >= 11 is 1.35. The largest absolute Gasteiger partial charge is 0.493 e. The summed E-state index contributed by atoms with van der Waals surface area (Å²) in [4.78, 5) is 30.8. The number of hydrogen-bond acceptors (Lipinski definition) is 6. The molecule has 0 radical (unpaired) electrons. The highest BCUT2D eigenvalue weighted by Crippen LogP contribution is 2.44. The standard InChI is InChI=1S/C19H21N3O4S/c20-18-21-14(10-27-18)5-6-16(23)22-8-13-9-26-15-4-2-1-3-12(15)7-19(13,11-22)17(24)25/h1-4,10,13H,5-9,11H2,(H2,20,21)(H,24,25)/t13-,19+/m0/s1. The molecule has 3 heterocycles. The molecule has 0 unspecified atom stereocenters. The fourth-order valence-electron chi connectivity index (χ4n) is 4.05. The number of benzene rings is 1. The number of nitrogens with two attached hydrogens (primary N) is 1. The maximum Gasteiger partial charge on any atom is 0.312 e. The fraction of sp³-hybridized carbons (Fsp3) is 0.421. The number of carbonyl (C=O) groups is 2. The zero-order valence-corrected chi connectivity index (χ0v) is 15.6. The lowest BCUT2D eigenvalue weighted by Gasteiger charge is -2.27. The van der Waals surface area contributed by atoms with Gasteiger partial charge in [0.1, 0.15) is 5.75 Å². The Hall–Kier alpha value is -2.61. The molecule has 1 amide bonds. The third-order valence-corrected chi connectivity index (χ3v) is 6.28. The summed E-state index contributed by atoms with van der Waals surface area (Å²) in [6.07, 6.45) is 1.17. The number of thiazole rings is 1. The van der Waals surface area contributed by atoms with E-state index in [1.165, 1.54) is 11.3 Å². The molecule has 1 saturated heterocycles. The van der Waals surface area contributed by atoms with E-state index in [1.807, 2.05) is 29.6 Å². The fourth-order valence-corrected chi connectivity index (χ4v) is 4.64. The van der Waals surface area contributed by atoms with Crippen molar-refractivity contribution in [1.82, 2.24) is 9.88 Å². The monoisotopic (exact) mass is 387 g/mol. The maximum atomic E-state index is 12.7. The van der Waals surface area contributed by atoms with E-state index in [4.69, 9.17) is 10.5 Å². The Bertz CT molecular complexity index is 883. The Kier molecular flexibility index (Phi) is 4.51. The number of ether oxygens (including phenoxy) is 1. The summed E-state index contributed by atoms with van der Waals surface area (Å²) < 4.78 is 5.87. The van der Waals surface area contributed by atoms with Gasteiger partial charge in [-0.05, 0) is 24.5 Å². The van der Waals surface area contributed by atoms with Crippen LogP contribution in [0, 0.1) is 11.3 Å². The molecule has 142 valence electrons. The molecular formula is C19H21N3O4S. The quantitative estimate of drug-likeness (QED) is 0.829. The van der Waals surface area contributed by atoms with Crippen LogP contribution in [0.25, 0.3) is 0 Å². The van der Waals surface area contributed by atoms with Crippen molar-refractivity contribution in [1.29, 1.82) is 0 Å². The Morgan fingerprint density at radius 1 is 1.41 bits per heavy atom. The molecular weight excluding hydrogens is 366 g/mol. The number of aromatic nitrogens is 1. The molecule has 1 aromatic heterocycles. The molecule has 1 fully saturated rings. The number of carboxylic acids is 1. The molecule has 2 aliphatic rings. The van der Waals surface area contributed by atoms with E-state index in [1.54, 1.807) is 4.90 Å². The number of para-hydroxylation sites is 1. The summed E-state index contributed by atoms with van der Waals surface area (Å²) in [7, 11) is 0. The topological polar surface area (TPSA) is 106 Å². The normalized spacial score (nSPS) is 23.9. The highest BCUT2D eigenvalue weighted by molar-refractivity contribution is 7.13. The summed E-state index contributed by atoms with van der Waals surface area (Å²) in [6.45, 7) is 0.913. The number of carboxylic acid groups (broad SMARTS) is 1. The van der Waals surface area contributed by atoms with Crippen LogP contribution < -0.4 is 10.5 Å². The molecule has 0 aliphatic carbocycles. The van der Waals surface area contributed by atoms with Crippen LogP contribution in [0.4, 0.5) is 5.13 Å². The Morgan fingerprint density at radius 3 is 2.96 bits per heavy atom. The first-order valence-corrected chi connectivity index (χ1v) is 9.78. The van der Waals surface area contributed by atoms with Crippen molar-refractivity contribution in [2.45, 2.75) is 19.3 Å². The van der Waals surface area contributed by atoms with E-state index in [2.05, 4.69) is 4.98 Å². The summed E-state index contributed by atoms with van der Waals surface area (Å²) in [5.41, 5.74) is 6.30. The first kappa shape index (κ1) is 17.8. The lowest BCUT2D eigenvalue weighted by molar-refractivity contribution is -0.151. The van der Waals surface area contributed by atoms with Crippen LogP contribution in [0.3, 0.4) is 0 Å². The summed E-state index contributed by atoms with van der Waals surface area (Å²) in [5.74, 6) is -0.410. The minimum Gasteiger partial charge on any atom is -0.493 e. The van der Waals surface area contributed by atoms with Gasteiger partial charge in [-0.1, -0.05) is 18.2 Å². The number of fused-ring (bicyclic) bond motifs is 2. The molecule has 2 aliphatic heterocycles. The van der Waals surface area contributed by atoms with Crippen LogP contribution in [0.2, 0.25) is 0 Å². The third-order valence-electron chi connectivity index (χ3n) is 5.56. The van der Waals surface area contributed by atoms with Crippen LogP contribution in [-0.2, 0) is 22.4 Å². The van der Waals surface area contributed by atoms with Crippen LogP contribution >= 0.6 is 11.3 Å². The van der Waals surface area contributed by atoms with Crippen molar-refractivity contribution >= 4 is 28.3 Å². The van der Waals surface area contributed by atoms with Gasteiger partial charge in [0.15, 0.2) is 5.13 Å². The van der Waals surface area contributed by atoms with Crippen molar-refractivity contribution < 1.29 is 19.4 Å². The molecule has 0 bridgehead atoms. The second-order valence-corrected chi connectivity index (χ2v) is 8.09. The van der Waals surface area contributed by atoms with Gasteiger partial charge in [-0.15, -0.1) is 11.3 Å². The molecule has 8 heteroatoms. The second-order valence-electron chi connectivity index (χ2n) is 7.21. The van der Waals surface area contributed by atoms with Crippen LogP contribution in [-0.4, -0.2) is 46.6 Å². The van der Waals surface area contributed by atoms with Crippen LogP contribution in [0.1, 0.15) is 17.7 Å². The molecule has 0 saturated carbocycles. The van der Waals surface area contributed by atoms with Gasteiger partial charge in [0, 0.05) is 30.8 Å². The van der Waals surface area contributed by atoms with Gasteiger partial charge in [0.25, 0.3) is 0 Å². The molecule has 2 aromatic rings. The minimum atomic E-state index is -1.01. The van der Waals surface area contributed by atoms with Gasteiger partial charge < -0.3 is 20.5 Å². The maximum absolute atomic E-state index is 12.7. The molecule has 27 heavy (non-hydrogen) atoms. The molecule has 7 nitrogen and oxygen atoms in total. The first-order chi connectivity index (χ1) is 13.0. The summed E-state index contributed by atoms with van der Waals surface area (Å²) in [6, 6.07) is 7.54. The molecule has 2 atom stereocenters. The average molecular weight is 387 g/mol. The number of amides is 1. The van der Waals surface area contributed by atoms with Gasteiger partial charge in [0.2, 0.25) is 5.91 Å². The molecule has 4 rings (SSSR count). The number of nitrogens with zero attached hydrogens (tertiary/aromatic N) is 2. The number of hydrogen-bond donors (Lipinski definition) is 2. The van der Waals surface area contributed by atoms with Crippen molar-refractivity contribution in [3.05, 3.63) is 40.9 Å².